The Bertz CT molecular complexity index is 861. The van der Waals surface area contributed by atoms with Crippen LogP contribution in [0.3, 0.4) is 0 Å². The van der Waals surface area contributed by atoms with E-state index in [1.165, 1.54) is 33.6 Å². The number of nitrogens with two attached hydrogens (primary N) is 1. The number of thioether (sulfide) groups is 1. The summed E-state index contributed by atoms with van der Waals surface area (Å²) in [6.07, 6.45) is 0. The van der Waals surface area contributed by atoms with Gasteiger partial charge in [0.1, 0.15) is 11.6 Å². The van der Waals surface area contributed by atoms with Gasteiger partial charge in [0.15, 0.2) is 5.82 Å². The molecule has 3 rings (SSSR count). The maximum Gasteiger partial charge on any atom is 0.210 e. The van der Waals surface area contributed by atoms with Crippen molar-refractivity contribution >= 4 is 11.8 Å². The van der Waals surface area contributed by atoms with Gasteiger partial charge in [0.05, 0.1) is 12.2 Å². The number of benzene rings is 2. The summed E-state index contributed by atoms with van der Waals surface area (Å²) < 4.78 is 20.9. The number of nitrogens with zero attached hydrogens (tertiary/aromatic N) is 3. The second-order valence-electron chi connectivity index (χ2n) is 5.68. The molecule has 1 heterocycles. The first-order valence-electron chi connectivity index (χ1n) is 7.84. The van der Waals surface area contributed by atoms with E-state index in [1.807, 2.05) is 26.0 Å². The lowest BCUT2D eigenvalue weighted by Gasteiger charge is -2.08. The molecule has 0 aliphatic carbocycles. The highest BCUT2D eigenvalue weighted by molar-refractivity contribution is 7.99. The van der Waals surface area contributed by atoms with Gasteiger partial charge in [-0.2, -0.15) is 0 Å². The third-order valence-corrected chi connectivity index (χ3v) is 4.47. The number of rotatable bonds is 6. The van der Waals surface area contributed by atoms with E-state index in [0.717, 1.165) is 5.75 Å². The van der Waals surface area contributed by atoms with Crippen LogP contribution in [0, 0.1) is 19.7 Å². The SMILES string of the molecule is Cc1cc(C)cc(OCCSc2nnc(-c3ccccc3F)n2N)c1. The Balaban J connectivity index is 1.60. The Morgan fingerprint density at radius 1 is 1.12 bits per heavy atom. The molecule has 1 aromatic heterocycles. The molecule has 130 valence electrons. The van der Waals surface area contributed by atoms with Gasteiger partial charge in [-0.1, -0.05) is 30.0 Å². The molecule has 5 nitrogen and oxygen atoms in total. The highest BCUT2D eigenvalue weighted by Gasteiger charge is 2.15. The van der Waals surface area contributed by atoms with Crippen LogP contribution >= 0.6 is 11.8 Å². The number of aromatic nitrogens is 3. The van der Waals surface area contributed by atoms with Crippen LogP contribution in [-0.4, -0.2) is 27.2 Å². The topological polar surface area (TPSA) is 66.0 Å². The van der Waals surface area contributed by atoms with Gasteiger partial charge in [-0.25, -0.2) is 9.07 Å². The average molecular weight is 358 g/mol. The van der Waals surface area contributed by atoms with Crippen LogP contribution in [0.1, 0.15) is 11.1 Å². The summed E-state index contributed by atoms with van der Waals surface area (Å²) in [6, 6.07) is 12.4. The van der Waals surface area contributed by atoms with Gasteiger partial charge in [-0.3, -0.25) is 0 Å². The number of aryl methyl sites for hydroxylation is 2. The molecule has 0 aliphatic heterocycles. The molecular weight excluding hydrogens is 339 g/mol. The monoisotopic (exact) mass is 358 g/mol. The summed E-state index contributed by atoms with van der Waals surface area (Å²) in [5, 5.41) is 8.54. The van der Waals surface area contributed by atoms with Gasteiger partial charge in [0, 0.05) is 5.75 Å². The molecule has 0 saturated carbocycles. The van der Waals surface area contributed by atoms with E-state index >= 15 is 0 Å². The number of halogens is 1. The van der Waals surface area contributed by atoms with Gasteiger partial charge in [0.25, 0.3) is 0 Å². The van der Waals surface area contributed by atoms with Crippen LogP contribution in [0.25, 0.3) is 11.4 Å². The van der Waals surface area contributed by atoms with E-state index in [1.54, 1.807) is 18.2 Å². The minimum absolute atomic E-state index is 0.302. The van der Waals surface area contributed by atoms with Gasteiger partial charge in [-0.15, -0.1) is 10.2 Å². The molecule has 2 aromatic carbocycles. The molecular formula is C18H19FN4OS. The molecule has 0 atom stereocenters. The first-order valence-corrected chi connectivity index (χ1v) is 8.82. The standard InChI is InChI=1S/C18H19FN4OS/c1-12-9-13(2)11-14(10-12)24-7-8-25-18-22-21-17(23(18)20)15-5-3-4-6-16(15)19/h3-6,9-11H,7-8,20H2,1-2H3. The fourth-order valence-corrected chi connectivity index (χ4v) is 3.18. The number of ether oxygens (including phenoxy) is 1. The van der Waals surface area contributed by atoms with E-state index in [2.05, 4.69) is 16.3 Å². The van der Waals surface area contributed by atoms with Gasteiger partial charge in [-0.05, 0) is 49.2 Å². The van der Waals surface area contributed by atoms with Crippen molar-refractivity contribution in [2.24, 2.45) is 0 Å². The summed E-state index contributed by atoms with van der Waals surface area (Å²) in [7, 11) is 0. The third kappa shape index (κ3) is 4.11. The highest BCUT2D eigenvalue weighted by atomic mass is 32.2. The van der Waals surface area contributed by atoms with E-state index in [9.17, 15) is 4.39 Å². The van der Waals surface area contributed by atoms with Crippen molar-refractivity contribution in [3.63, 3.8) is 0 Å². The summed E-state index contributed by atoms with van der Waals surface area (Å²) >= 11 is 1.41. The van der Waals surface area contributed by atoms with Gasteiger partial charge in [0.2, 0.25) is 5.16 Å². The molecule has 0 bridgehead atoms. The molecule has 0 unspecified atom stereocenters. The Morgan fingerprint density at radius 2 is 1.84 bits per heavy atom. The molecule has 0 radical (unpaired) electrons. The third-order valence-electron chi connectivity index (χ3n) is 3.56. The van der Waals surface area contributed by atoms with Crippen molar-refractivity contribution in [2.75, 3.05) is 18.2 Å². The normalized spacial score (nSPS) is 10.8. The smallest absolute Gasteiger partial charge is 0.210 e. The molecule has 2 N–H and O–H groups in total. The average Bonchev–Trinajstić information content (AvgIpc) is 2.92. The first-order chi connectivity index (χ1) is 12.0. The fraction of sp³-hybridized carbons (Fsp3) is 0.222. The minimum Gasteiger partial charge on any atom is -0.493 e. The predicted octanol–water partition coefficient (Wildman–Crippen LogP) is 3.59. The number of nitrogen functional groups attached to an aromatic ring is 1. The minimum atomic E-state index is -0.378. The molecule has 0 aliphatic rings. The number of hydrogen-bond donors (Lipinski definition) is 1. The molecule has 0 amide bonds. The van der Waals surface area contributed by atoms with Crippen LogP contribution in [0.5, 0.6) is 5.75 Å². The van der Waals surface area contributed by atoms with Crippen molar-refractivity contribution in [2.45, 2.75) is 19.0 Å². The zero-order chi connectivity index (χ0) is 17.8. The van der Waals surface area contributed by atoms with Gasteiger partial charge < -0.3 is 10.6 Å². The molecule has 7 heteroatoms. The quantitative estimate of drug-likeness (QED) is 0.414. The highest BCUT2D eigenvalue weighted by Crippen LogP contribution is 2.24. The largest absolute Gasteiger partial charge is 0.493 e. The second-order valence-corrected chi connectivity index (χ2v) is 6.74. The Kier molecular flexibility index (Phi) is 5.23. The summed E-state index contributed by atoms with van der Waals surface area (Å²) in [5.41, 5.74) is 2.66. The molecule has 3 aromatic rings. The summed E-state index contributed by atoms with van der Waals surface area (Å²) in [4.78, 5) is 0. The van der Waals surface area contributed by atoms with E-state index in [0.29, 0.717) is 28.9 Å². The van der Waals surface area contributed by atoms with Crippen LogP contribution in [-0.2, 0) is 0 Å². The van der Waals surface area contributed by atoms with E-state index in [4.69, 9.17) is 10.6 Å². The van der Waals surface area contributed by atoms with Crippen LogP contribution < -0.4 is 10.6 Å². The van der Waals surface area contributed by atoms with E-state index in [-0.39, 0.29) is 5.82 Å². The zero-order valence-corrected chi connectivity index (χ0v) is 14.9. The lowest BCUT2D eigenvalue weighted by atomic mass is 10.1. The summed E-state index contributed by atoms with van der Waals surface area (Å²) in [5.74, 6) is 7.42. The van der Waals surface area contributed by atoms with Crippen LogP contribution in [0.4, 0.5) is 4.39 Å². The summed E-state index contributed by atoms with van der Waals surface area (Å²) in [6.45, 7) is 4.58. The van der Waals surface area contributed by atoms with Crippen molar-refractivity contribution < 1.29 is 9.13 Å². The second kappa shape index (κ2) is 7.57. The van der Waals surface area contributed by atoms with Crippen molar-refractivity contribution in [1.29, 1.82) is 0 Å². The molecule has 0 fully saturated rings. The van der Waals surface area contributed by atoms with E-state index < -0.39 is 0 Å². The zero-order valence-electron chi connectivity index (χ0n) is 14.1. The Hall–Kier alpha value is -2.54. The lowest BCUT2D eigenvalue weighted by molar-refractivity contribution is 0.343. The molecule has 0 spiro atoms. The van der Waals surface area contributed by atoms with Crippen molar-refractivity contribution in [3.8, 4) is 17.1 Å². The fourth-order valence-electron chi connectivity index (χ4n) is 2.51. The van der Waals surface area contributed by atoms with Crippen LogP contribution in [0.15, 0.2) is 47.6 Å². The van der Waals surface area contributed by atoms with Gasteiger partial charge >= 0.3 is 0 Å². The lowest BCUT2D eigenvalue weighted by Crippen LogP contribution is -2.12. The van der Waals surface area contributed by atoms with Crippen molar-refractivity contribution in [1.82, 2.24) is 14.9 Å². The molecule has 0 saturated heterocycles. The van der Waals surface area contributed by atoms with Crippen LogP contribution in [0.2, 0.25) is 0 Å². The number of hydrogen-bond acceptors (Lipinski definition) is 5. The Labute approximate surface area is 150 Å². The maximum absolute atomic E-state index is 13.9. The van der Waals surface area contributed by atoms with Crippen molar-refractivity contribution in [3.05, 3.63) is 59.4 Å². The first kappa shape index (κ1) is 17.3. The Morgan fingerprint density at radius 3 is 2.56 bits per heavy atom. The maximum atomic E-state index is 13.9. The predicted molar refractivity (Wildman–Crippen MR) is 97.7 cm³/mol. The molecule has 25 heavy (non-hydrogen) atoms.